The predicted molar refractivity (Wildman–Crippen MR) is 307 cm³/mol. The quantitative estimate of drug-likeness (QED) is 0.0172. The Morgan fingerprint density at radius 2 is 0.805 bits per heavy atom. The molecule has 0 aromatic carbocycles. The van der Waals surface area contributed by atoms with E-state index in [4.69, 9.17) is 28.4 Å². The van der Waals surface area contributed by atoms with Crippen molar-refractivity contribution in [2.75, 3.05) is 33.0 Å². The Bertz CT molecular complexity index is 1590. The standard InChI is InChI=1S/C63H108O14/c1-3-5-7-9-11-13-15-17-19-21-23-24-25-26-27-28-29-30-32-34-36-38-40-42-44-46-55(65)75-52(49-72-47-45-43-41-39-37-35-33-31-22-20-18-16-14-12-10-8-6-4-2)50-73-62-61(71)59(69)57(67)54(77-62)51-74-63-60(70)58(68)56(66)53(48-64)76-63/h5-8,11-14,17-20,23-24,52-54,56-64,66-71H,3-4,9-10,15-16,21-22,25-51H2,1-2H3/b7-5-,8-6-,13-11-,14-12-,19-17-,20-18-,24-23-. The molecular formula is C63H108O14. The van der Waals surface area contributed by atoms with Crippen molar-refractivity contribution in [3.63, 3.8) is 0 Å². The van der Waals surface area contributed by atoms with Crippen molar-refractivity contribution in [2.45, 2.75) is 274 Å². The maximum Gasteiger partial charge on any atom is 0.306 e. The van der Waals surface area contributed by atoms with E-state index in [1.54, 1.807) is 0 Å². The minimum absolute atomic E-state index is 0.0520. The highest BCUT2D eigenvalue weighted by molar-refractivity contribution is 5.69. The second-order valence-corrected chi connectivity index (χ2v) is 20.8. The molecule has 77 heavy (non-hydrogen) atoms. The van der Waals surface area contributed by atoms with Gasteiger partial charge >= 0.3 is 5.97 Å². The molecular weight excluding hydrogens is 981 g/mol. The molecule has 14 heteroatoms. The van der Waals surface area contributed by atoms with Gasteiger partial charge in [0.1, 0.15) is 54.9 Å². The van der Waals surface area contributed by atoms with Crippen LogP contribution in [-0.4, -0.2) is 142 Å². The Kier molecular flexibility index (Phi) is 44.7. The SMILES string of the molecule is CC/C=C\C/C=C\C/C=C\C/C=C\CCCCCCCCCCCCCCC(=O)OC(COCCCCCCCCCC/C=C\C/C=C\C/C=C\CC)COC1OC(COC2OC(CO)C(O)C(O)C2O)C(O)C(O)C1O. The fourth-order valence-corrected chi connectivity index (χ4v) is 9.12. The Morgan fingerprint density at radius 1 is 0.429 bits per heavy atom. The lowest BCUT2D eigenvalue weighted by Crippen LogP contribution is -2.61. The van der Waals surface area contributed by atoms with Gasteiger partial charge in [0, 0.05) is 13.0 Å². The average molecular weight is 1090 g/mol. The lowest BCUT2D eigenvalue weighted by Gasteiger charge is -2.42. The van der Waals surface area contributed by atoms with Crippen LogP contribution in [0.2, 0.25) is 0 Å². The molecule has 11 atom stereocenters. The zero-order chi connectivity index (χ0) is 55.8. The highest BCUT2D eigenvalue weighted by Crippen LogP contribution is 2.27. The van der Waals surface area contributed by atoms with Crippen molar-refractivity contribution >= 4 is 5.97 Å². The van der Waals surface area contributed by atoms with Crippen LogP contribution in [-0.2, 0) is 33.2 Å². The van der Waals surface area contributed by atoms with E-state index < -0.39 is 80.7 Å². The van der Waals surface area contributed by atoms with E-state index in [1.165, 1.54) is 83.5 Å². The van der Waals surface area contributed by atoms with E-state index in [2.05, 4.69) is 98.9 Å². The number of hydrogen-bond acceptors (Lipinski definition) is 14. The molecule has 2 fully saturated rings. The largest absolute Gasteiger partial charge is 0.457 e. The van der Waals surface area contributed by atoms with Crippen LogP contribution in [0.5, 0.6) is 0 Å². The molecule has 2 saturated heterocycles. The van der Waals surface area contributed by atoms with Gasteiger partial charge in [0.25, 0.3) is 0 Å². The number of esters is 1. The molecule has 0 aromatic heterocycles. The van der Waals surface area contributed by atoms with E-state index in [0.717, 1.165) is 96.3 Å². The van der Waals surface area contributed by atoms with Crippen LogP contribution in [0.15, 0.2) is 85.1 Å². The van der Waals surface area contributed by atoms with Crippen LogP contribution in [0.25, 0.3) is 0 Å². The number of ether oxygens (including phenoxy) is 6. The first-order valence-electron chi connectivity index (χ1n) is 30.2. The van der Waals surface area contributed by atoms with Gasteiger partial charge in [0.2, 0.25) is 0 Å². The molecule has 0 aromatic rings. The summed E-state index contributed by atoms with van der Waals surface area (Å²) in [6.07, 6.45) is 47.8. The van der Waals surface area contributed by atoms with E-state index in [1.807, 2.05) is 0 Å². The van der Waals surface area contributed by atoms with Crippen LogP contribution >= 0.6 is 0 Å². The van der Waals surface area contributed by atoms with Crippen LogP contribution < -0.4 is 0 Å². The number of hydrogen-bond donors (Lipinski definition) is 7. The van der Waals surface area contributed by atoms with Gasteiger partial charge in [-0.25, -0.2) is 0 Å². The summed E-state index contributed by atoms with van der Waals surface area (Å²) in [5.74, 6) is -0.383. The van der Waals surface area contributed by atoms with Crippen LogP contribution in [0.1, 0.15) is 206 Å². The molecule has 0 spiro atoms. The van der Waals surface area contributed by atoms with Crippen molar-refractivity contribution in [2.24, 2.45) is 0 Å². The third-order valence-electron chi connectivity index (χ3n) is 13.9. The zero-order valence-corrected chi connectivity index (χ0v) is 47.7. The van der Waals surface area contributed by atoms with Crippen molar-refractivity contribution in [1.29, 1.82) is 0 Å². The second kappa shape index (κ2) is 49.0. The lowest BCUT2D eigenvalue weighted by molar-refractivity contribution is -0.332. The third kappa shape index (κ3) is 35.5. The highest BCUT2D eigenvalue weighted by atomic mass is 16.7. The molecule has 2 rings (SSSR count). The normalized spacial score (nSPS) is 24.9. The number of carbonyl (C=O) groups is 1. The minimum Gasteiger partial charge on any atom is -0.457 e. The first-order valence-corrected chi connectivity index (χ1v) is 30.2. The summed E-state index contributed by atoms with van der Waals surface area (Å²) in [5, 5.41) is 72.4. The van der Waals surface area contributed by atoms with Gasteiger partial charge in [-0.2, -0.15) is 0 Å². The first-order chi connectivity index (χ1) is 37.6. The van der Waals surface area contributed by atoms with Gasteiger partial charge in [-0.1, -0.05) is 202 Å². The molecule has 14 nitrogen and oxygen atoms in total. The molecule has 0 saturated carbocycles. The number of allylic oxidation sites excluding steroid dienone is 14. The maximum atomic E-state index is 13.1. The first kappa shape index (κ1) is 70.3. The molecule has 2 aliphatic heterocycles. The smallest absolute Gasteiger partial charge is 0.306 e. The minimum atomic E-state index is -1.71. The Balaban J connectivity index is 1.69. The monoisotopic (exact) mass is 1090 g/mol. The summed E-state index contributed by atoms with van der Waals surface area (Å²) < 4.78 is 34.4. The summed E-state index contributed by atoms with van der Waals surface area (Å²) in [5.41, 5.74) is 0. The molecule has 0 bridgehead atoms. The molecule has 444 valence electrons. The number of rotatable bonds is 48. The molecule has 2 heterocycles. The molecule has 0 amide bonds. The maximum absolute atomic E-state index is 13.1. The number of unbranched alkanes of at least 4 members (excludes halogenated alkanes) is 20. The fraction of sp³-hybridized carbons (Fsp3) is 0.762. The van der Waals surface area contributed by atoms with Gasteiger partial charge in [0.05, 0.1) is 26.4 Å². The Labute approximate surface area is 465 Å². The van der Waals surface area contributed by atoms with Crippen molar-refractivity contribution in [3.05, 3.63) is 85.1 Å². The van der Waals surface area contributed by atoms with Gasteiger partial charge in [-0.15, -0.1) is 0 Å². The Hall–Kier alpha value is -2.83. The topological polar surface area (TPSA) is 214 Å². The van der Waals surface area contributed by atoms with E-state index in [0.29, 0.717) is 13.0 Å². The van der Waals surface area contributed by atoms with Crippen molar-refractivity contribution in [3.8, 4) is 0 Å². The van der Waals surface area contributed by atoms with Crippen molar-refractivity contribution in [1.82, 2.24) is 0 Å². The van der Waals surface area contributed by atoms with Crippen LogP contribution in [0.4, 0.5) is 0 Å². The number of aliphatic hydroxyl groups is 7. The molecule has 0 radical (unpaired) electrons. The van der Waals surface area contributed by atoms with Gasteiger partial charge in [-0.05, 0) is 83.5 Å². The predicted octanol–water partition coefficient (Wildman–Crippen LogP) is 11.2. The molecule has 2 aliphatic rings. The summed E-state index contributed by atoms with van der Waals surface area (Å²) in [6.45, 7) is 3.45. The lowest BCUT2D eigenvalue weighted by atomic mass is 9.98. The van der Waals surface area contributed by atoms with E-state index >= 15 is 0 Å². The molecule has 7 N–H and O–H groups in total. The average Bonchev–Trinajstić information content (AvgIpc) is 3.43. The highest BCUT2D eigenvalue weighted by Gasteiger charge is 2.47. The summed E-state index contributed by atoms with van der Waals surface area (Å²) in [7, 11) is 0. The summed E-state index contributed by atoms with van der Waals surface area (Å²) >= 11 is 0. The summed E-state index contributed by atoms with van der Waals surface area (Å²) in [6, 6.07) is 0. The molecule has 0 aliphatic carbocycles. The van der Waals surface area contributed by atoms with E-state index in [-0.39, 0.29) is 25.6 Å². The van der Waals surface area contributed by atoms with Gasteiger partial charge in [0.15, 0.2) is 12.6 Å². The van der Waals surface area contributed by atoms with Crippen LogP contribution in [0, 0.1) is 0 Å². The van der Waals surface area contributed by atoms with E-state index in [9.17, 15) is 40.5 Å². The fourth-order valence-electron chi connectivity index (χ4n) is 9.12. The molecule has 11 unspecified atom stereocenters. The number of carbonyl (C=O) groups excluding carboxylic acids is 1. The number of aliphatic hydroxyl groups excluding tert-OH is 7. The zero-order valence-electron chi connectivity index (χ0n) is 47.7. The van der Waals surface area contributed by atoms with Gasteiger partial charge < -0.3 is 64.2 Å². The van der Waals surface area contributed by atoms with Gasteiger partial charge in [-0.3, -0.25) is 4.79 Å². The second-order valence-electron chi connectivity index (χ2n) is 20.8. The summed E-state index contributed by atoms with van der Waals surface area (Å²) in [4.78, 5) is 13.1. The van der Waals surface area contributed by atoms with Crippen LogP contribution in [0.3, 0.4) is 0 Å². The van der Waals surface area contributed by atoms with Crippen molar-refractivity contribution < 1.29 is 69.0 Å². The third-order valence-corrected chi connectivity index (χ3v) is 13.9. The Morgan fingerprint density at radius 3 is 1.26 bits per heavy atom.